The van der Waals surface area contributed by atoms with E-state index < -0.39 is 5.92 Å². The zero-order valence-electron chi connectivity index (χ0n) is 13.7. The third kappa shape index (κ3) is 5.90. The first-order valence-corrected chi connectivity index (χ1v) is 7.67. The number of hydrogen-bond acceptors (Lipinski definition) is 4. The van der Waals surface area contributed by atoms with Crippen molar-refractivity contribution in [1.29, 1.82) is 0 Å². The van der Waals surface area contributed by atoms with Crippen LogP contribution >= 0.6 is 0 Å². The Morgan fingerprint density at radius 3 is 2.57 bits per heavy atom. The van der Waals surface area contributed by atoms with Crippen molar-refractivity contribution in [3.8, 4) is 0 Å². The second-order valence-corrected chi connectivity index (χ2v) is 6.89. The predicted molar refractivity (Wildman–Crippen MR) is 81.6 cm³/mol. The zero-order valence-corrected chi connectivity index (χ0v) is 13.7. The van der Waals surface area contributed by atoms with Gasteiger partial charge in [0.2, 0.25) is 0 Å². The summed E-state index contributed by atoms with van der Waals surface area (Å²) >= 11 is 0. The minimum Gasteiger partial charge on any atom is -0.469 e. The molecule has 1 saturated carbocycles. The SMILES string of the molecule is C=CCCCC1C[C@H]1OC(=O)C[C@H](C(=O)OC)C(C)(C)C. The predicted octanol–water partition coefficient (Wildman–Crippen LogP) is 3.50. The number of allylic oxidation sites excluding steroid dienone is 1. The minimum absolute atomic E-state index is 0.0422. The fourth-order valence-electron chi connectivity index (χ4n) is 2.46. The van der Waals surface area contributed by atoms with Crippen LogP contribution in [-0.2, 0) is 19.1 Å². The number of hydrogen-bond donors (Lipinski definition) is 0. The molecule has 0 heterocycles. The summed E-state index contributed by atoms with van der Waals surface area (Å²) in [5.74, 6) is -0.623. The van der Waals surface area contributed by atoms with Crippen LogP contribution in [0.25, 0.3) is 0 Å². The molecule has 0 spiro atoms. The van der Waals surface area contributed by atoms with Gasteiger partial charge in [0.25, 0.3) is 0 Å². The van der Waals surface area contributed by atoms with Crippen molar-refractivity contribution in [2.24, 2.45) is 17.3 Å². The number of ether oxygens (including phenoxy) is 2. The highest BCUT2D eigenvalue weighted by atomic mass is 16.6. The summed E-state index contributed by atoms with van der Waals surface area (Å²) in [4.78, 5) is 23.8. The van der Waals surface area contributed by atoms with Gasteiger partial charge in [-0.3, -0.25) is 9.59 Å². The molecule has 0 bridgehead atoms. The molecule has 1 aliphatic carbocycles. The van der Waals surface area contributed by atoms with E-state index in [1.54, 1.807) is 0 Å². The normalized spacial score (nSPS) is 22.3. The molecule has 3 atom stereocenters. The van der Waals surface area contributed by atoms with E-state index in [-0.39, 0.29) is 29.9 Å². The average Bonchev–Trinajstić information content (AvgIpc) is 3.12. The standard InChI is InChI=1S/C17H28O4/c1-6-7-8-9-12-10-14(12)21-15(18)11-13(16(19)20-5)17(2,3)4/h6,12-14H,1,7-11H2,2-5H3/t12?,13-,14-/m1/s1. The molecule has 120 valence electrons. The highest BCUT2D eigenvalue weighted by Crippen LogP contribution is 2.39. The molecule has 0 amide bonds. The topological polar surface area (TPSA) is 52.6 Å². The van der Waals surface area contributed by atoms with E-state index in [4.69, 9.17) is 9.47 Å². The molecule has 0 aliphatic heterocycles. The van der Waals surface area contributed by atoms with Gasteiger partial charge in [0.15, 0.2) is 0 Å². The van der Waals surface area contributed by atoms with E-state index >= 15 is 0 Å². The third-order valence-corrected chi connectivity index (χ3v) is 4.03. The largest absolute Gasteiger partial charge is 0.469 e. The van der Waals surface area contributed by atoms with Gasteiger partial charge >= 0.3 is 11.9 Å². The van der Waals surface area contributed by atoms with Gasteiger partial charge in [-0.25, -0.2) is 0 Å². The van der Waals surface area contributed by atoms with Gasteiger partial charge in [0.1, 0.15) is 6.10 Å². The first-order valence-electron chi connectivity index (χ1n) is 7.67. The molecule has 4 heteroatoms. The number of unbranched alkanes of at least 4 members (excludes halogenated alkanes) is 1. The monoisotopic (exact) mass is 296 g/mol. The van der Waals surface area contributed by atoms with Crippen LogP contribution in [0.4, 0.5) is 0 Å². The van der Waals surface area contributed by atoms with Gasteiger partial charge in [-0.05, 0) is 37.0 Å². The fraction of sp³-hybridized carbons (Fsp3) is 0.765. The second kappa shape index (κ2) is 7.62. The third-order valence-electron chi connectivity index (χ3n) is 4.03. The van der Waals surface area contributed by atoms with Crippen molar-refractivity contribution in [3.05, 3.63) is 12.7 Å². The molecule has 1 fully saturated rings. The minimum atomic E-state index is -0.465. The smallest absolute Gasteiger partial charge is 0.309 e. The lowest BCUT2D eigenvalue weighted by molar-refractivity contribution is -0.158. The number of carbonyl (C=O) groups excluding carboxylic acids is 2. The van der Waals surface area contributed by atoms with E-state index in [0.717, 1.165) is 25.7 Å². The fourth-order valence-corrected chi connectivity index (χ4v) is 2.46. The maximum atomic E-state index is 12.0. The number of rotatable bonds is 8. The van der Waals surface area contributed by atoms with E-state index in [0.29, 0.717) is 5.92 Å². The zero-order chi connectivity index (χ0) is 16.0. The average molecular weight is 296 g/mol. The number of methoxy groups -OCH3 is 1. The van der Waals surface area contributed by atoms with Crippen LogP contribution in [0.3, 0.4) is 0 Å². The van der Waals surface area contributed by atoms with Crippen LogP contribution in [0.5, 0.6) is 0 Å². The van der Waals surface area contributed by atoms with Gasteiger partial charge in [0.05, 0.1) is 19.4 Å². The summed E-state index contributed by atoms with van der Waals surface area (Å²) in [5.41, 5.74) is -0.320. The molecule has 21 heavy (non-hydrogen) atoms. The Kier molecular flexibility index (Phi) is 6.43. The van der Waals surface area contributed by atoms with Crippen molar-refractivity contribution in [3.63, 3.8) is 0 Å². The Morgan fingerprint density at radius 2 is 2.05 bits per heavy atom. The summed E-state index contributed by atoms with van der Waals surface area (Å²) in [7, 11) is 1.35. The molecular weight excluding hydrogens is 268 g/mol. The summed E-state index contributed by atoms with van der Waals surface area (Å²) in [6.45, 7) is 9.48. The van der Waals surface area contributed by atoms with E-state index in [1.807, 2.05) is 26.8 Å². The van der Waals surface area contributed by atoms with Crippen molar-refractivity contribution >= 4 is 11.9 Å². The highest BCUT2D eigenvalue weighted by molar-refractivity contribution is 5.80. The van der Waals surface area contributed by atoms with Crippen molar-refractivity contribution < 1.29 is 19.1 Å². The Labute approximate surface area is 127 Å². The number of esters is 2. The molecule has 1 unspecified atom stereocenters. The molecule has 0 N–H and O–H groups in total. The molecule has 0 aromatic heterocycles. The Morgan fingerprint density at radius 1 is 1.38 bits per heavy atom. The lowest BCUT2D eigenvalue weighted by Gasteiger charge is -2.27. The van der Waals surface area contributed by atoms with Crippen molar-refractivity contribution in [1.82, 2.24) is 0 Å². The first kappa shape index (κ1) is 17.7. The van der Waals surface area contributed by atoms with Crippen molar-refractivity contribution in [2.75, 3.05) is 7.11 Å². The van der Waals surface area contributed by atoms with Crippen LogP contribution in [0.1, 0.15) is 52.9 Å². The van der Waals surface area contributed by atoms with Gasteiger partial charge in [-0.15, -0.1) is 6.58 Å². The summed E-state index contributed by atoms with van der Waals surface area (Å²) in [6, 6.07) is 0. The Hall–Kier alpha value is -1.32. The van der Waals surface area contributed by atoms with Crippen LogP contribution in [0.15, 0.2) is 12.7 Å². The highest BCUT2D eigenvalue weighted by Gasteiger charge is 2.41. The summed E-state index contributed by atoms with van der Waals surface area (Å²) in [5, 5.41) is 0. The van der Waals surface area contributed by atoms with E-state index in [9.17, 15) is 9.59 Å². The quantitative estimate of drug-likeness (QED) is 0.391. The molecular formula is C17H28O4. The maximum absolute atomic E-state index is 12.0. The van der Waals surface area contributed by atoms with Gasteiger partial charge in [-0.1, -0.05) is 26.8 Å². The van der Waals surface area contributed by atoms with Crippen LogP contribution in [0.2, 0.25) is 0 Å². The Bertz CT molecular complexity index is 381. The molecule has 0 saturated heterocycles. The van der Waals surface area contributed by atoms with E-state index in [2.05, 4.69) is 6.58 Å². The van der Waals surface area contributed by atoms with Gasteiger partial charge in [0, 0.05) is 0 Å². The molecule has 0 radical (unpaired) electrons. The number of carbonyl (C=O) groups is 2. The summed E-state index contributed by atoms with van der Waals surface area (Å²) in [6.07, 6.45) is 6.16. The second-order valence-electron chi connectivity index (χ2n) is 6.89. The van der Waals surface area contributed by atoms with Crippen LogP contribution < -0.4 is 0 Å². The summed E-state index contributed by atoms with van der Waals surface area (Å²) < 4.78 is 10.2. The van der Waals surface area contributed by atoms with E-state index in [1.165, 1.54) is 7.11 Å². The maximum Gasteiger partial charge on any atom is 0.309 e. The van der Waals surface area contributed by atoms with Crippen molar-refractivity contribution in [2.45, 2.75) is 59.0 Å². The molecule has 0 aromatic rings. The Balaban J connectivity index is 2.39. The van der Waals surface area contributed by atoms with Gasteiger partial charge in [-0.2, -0.15) is 0 Å². The lowest BCUT2D eigenvalue weighted by atomic mass is 9.79. The molecule has 4 nitrogen and oxygen atoms in total. The van der Waals surface area contributed by atoms with Crippen LogP contribution in [0, 0.1) is 17.3 Å². The lowest BCUT2D eigenvalue weighted by Crippen LogP contribution is -2.32. The van der Waals surface area contributed by atoms with Crippen LogP contribution in [-0.4, -0.2) is 25.2 Å². The van der Waals surface area contributed by atoms with Gasteiger partial charge < -0.3 is 9.47 Å². The molecule has 1 aliphatic rings. The molecule has 0 aromatic carbocycles. The first-order chi connectivity index (χ1) is 9.79. The molecule has 1 rings (SSSR count).